The van der Waals surface area contributed by atoms with Gasteiger partial charge >= 0.3 is 6.18 Å². The number of hydrogen-bond acceptors (Lipinski definition) is 1. The van der Waals surface area contributed by atoms with E-state index in [2.05, 4.69) is 12.2 Å². The summed E-state index contributed by atoms with van der Waals surface area (Å²) in [6.07, 6.45) is -4.99. The molecule has 1 aromatic rings. The van der Waals surface area contributed by atoms with E-state index in [-0.39, 0.29) is 6.07 Å². The van der Waals surface area contributed by atoms with E-state index in [1.54, 1.807) is 0 Å². The summed E-state index contributed by atoms with van der Waals surface area (Å²) < 4.78 is 62.8. The summed E-state index contributed by atoms with van der Waals surface area (Å²) in [4.78, 5) is 0. The summed E-state index contributed by atoms with van der Waals surface area (Å²) in [6.45, 7) is 0. The van der Waals surface area contributed by atoms with Gasteiger partial charge in [0.1, 0.15) is 5.82 Å². The molecule has 0 saturated heterocycles. The Balaban J connectivity index is 3.32. The Morgan fingerprint density at radius 1 is 1.25 bits per heavy atom. The first-order chi connectivity index (χ1) is 7.21. The fraction of sp³-hybridized carbons (Fsp3) is 0.125. The van der Waals surface area contributed by atoms with Gasteiger partial charge < -0.3 is 11.1 Å². The number of alkyl halides is 3. The number of rotatable bonds is 1. The van der Waals surface area contributed by atoms with E-state index in [0.717, 1.165) is 0 Å². The third-order valence-corrected chi connectivity index (χ3v) is 1.70. The van der Waals surface area contributed by atoms with Crippen LogP contribution < -0.4 is 11.1 Å². The van der Waals surface area contributed by atoms with Crippen LogP contribution in [0.1, 0.15) is 5.56 Å². The first-order valence-corrected chi connectivity index (χ1v) is 4.25. The number of thiocarbonyl (C=S) groups is 1. The van der Waals surface area contributed by atoms with Crippen molar-refractivity contribution in [2.24, 2.45) is 5.73 Å². The fourth-order valence-corrected chi connectivity index (χ4v) is 1.13. The molecule has 0 aliphatic rings. The third-order valence-electron chi connectivity index (χ3n) is 1.60. The zero-order chi connectivity index (χ0) is 12.5. The summed E-state index contributed by atoms with van der Waals surface area (Å²) in [7, 11) is 0. The van der Waals surface area contributed by atoms with Gasteiger partial charge in [0.15, 0.2) is 10.9 Å². The second-order valence-corrected chi connectivity index (χ2v) is 3.24. The Labute approximate surface area is 92.2 Å². The normalized spacial score (nSPS) is 11.3. The van der Waals surface area contributed by atoms with E-state index < -0.39 is 34.2 Å². The van der Waals surface area contributed by atoms with E-state index in [1.165, 1.54) is 0 Å². The van der Waals surface area contributed by atoms with Gasteiger partial charge in [-0.25, -0.2) is 8.78 Å². The van der Waals surface area contributed by atoms with Crippen LogP contribution in [0.3, 0.4) is 0 Å². The van der Waals surface area contributed by atoms with Crippen LogP contribution >= 0.6 is 12.2 Å². The second kappa shape index (κ2) is 4.20. The average molecular weight is 256 g/mol. The monoisotopic (exact) mass is 256 g/mol. The van der Waals surface area contributed by atoms with Crippen LogP contribution in [0.4, 0.5) is 27.6 Å². The molecule has 2 nitrogen and oxygen atoms in total. The highest BCUT2D eigenvalue weighted by molar-refractivity contribution is 7.80. The molecule has 16 heavy (non-hydrogen) atoms. The Morgan fingerprint density at radius 3 is 2.25 bits per heavy atom. The largest absolute Gasteiger partial charge is 0.419 e. The summed E-state index contributed by atoms with van der Waals surface area (Å²) in [5, 5.41) is 1.46. The molecule has 8 heteroatoms. The van der Waals surface area contributed by atoms with Gasteiger partial charge in [0.05, 0.1) is 11.3 Å². The van der Waals surface area contributed by atoms with Gasteiger partial charge in [-0.1, -0.05) is 0 Å². The van der Waals surface area contributed by atoms with E-state index >= 15 is 0 Å². The van der Waals surface area contributed by atoms with Crippen LogP contribution in [-0.2, 0) is 6.18 Å². The molecular weight excluding hydrogens is 251 g/mol. The van der Waals surface area contributed by atoms with Crippen molar-refractivity contribution in [3.63, 3.8) is 0 Å². The molecule has 0 fully saturated rings. The summed E-state index contributed by atoms with van der Waals surface area (Å²) in [5.74, 6) is -2.89. The Morgan fingerprint density at radius 2 is 1.81 bits per heavy atom. The van der Waals surface area contributed by atoms with Gasteiger partial charge in [-0.3, -0.25) is 0 Å². The van der Waals surface area contributed by atoms with E-state index in [1.807, 2.05) is 5.32 Å². The lowest BCUT2D eigenvalue weighted by molar-refractivity contribution is -0.140. The van der Waals surface area contributed by atoms with E-state index in [0.29, 0.717) is 6.07 Å². The number of hydrogen-bond donors (Lipinski definition) is 2. The minimum Gasteiger partial charge on any atom is -0.376 e. The van der Waals surface area contributed by atoms with Gasteiger partial charge in [-0.2, -0.15) is 13.2 Å². The van der Waals surface area contributed by atoms with Crippen molar-refractivity contribution in [2.75, 3.05) is 5.32 Å². The molecule has 0 spiro atoms. The predicted molar refractivity (Wildman–Crippen MR) is 51.8 cm³/mol. The Bertz CT molecular complexity index is 429. The van der Waals surface area contributed by atoms with Crippen molar-refractivity contribution in [2.45, 2.75) is 6.18 Å². The molecule has 3 N–H and O–H groups in total. The van der Waals surface area contributed by atoms with Gasteiger partial charge in [0, 0.05) is 6.07 Å². The number of anilines is 1. The zero-order valence-corrected chi connectivity index (χ0v) is 8.35. The Hall–Kier alpha value is -1.44. The quantitative estimate of drug-likeness (QED) is 0.599. The highest BCUT2D eigenvalue weighted by Crippen LogP contribution is 2.34. The van der Waals surface area contributed by atoms with Crippen molar-refractivity contribution >= 4 is 23.0 Å². The summed E-state index contributed by atoms with van der Waals surface area (Å²) in [5.41, 5.74) is 2.49. The van der Waals surface area contributed by atoms with Crippen LogP contribution in [0.15, 0.2) is 12.1 Å². The van der Waals surface area contributed by atoms with Crippen LogP contribution in [0.5, 0.6) is 0 Å². The Kier molecular flexibility index (Phi) is 3.32. The number of nitrogens with two attached hydrogens (primary N) is 1. The first-order valence-electron chi connectivity index (χ1n) is 3.84. The molecule has 0 heterocycles. The SMILES string of the molecule is NC(=S)Nc1cc(F)cc(C(F)(F)F)c1F. The first kappa shape index (κ1) is 12.6. The molecule has 0 bridgehead atoms. The lowest BCUT2D eigenvalue weighted by atomic mass is 10.1. The highest BCUT2D eigenvalue weighted by atomic mass is 32.1. The van der Waals surface area contributed by atoms with Crippen LogP contribution in [0, 0.1) is 11.6 Å². The second-order valence-electron chi connectivity index (χ2n) is 2.80. The molecule has 1 rings (SSSR count). The van der Waals surface area contributed by atoms with Gasteiger partial charge in [-0.15, -0.1) is 0 Å². The van der Waals surface area contributed by atoms with Crippen LogP contribution in [-0.4, -0.2) is 5.11 Å². The van der Waals surface area contributed by atoms with Gasteiger partial charge in [-0.05, 0) is 18.3 Å². The van der Waals surface area contributed by atoms with Crippen molar-refractivity contribution in [3.8, 4) is 0 Å². The minimum atomic E-state index is -4.99. The van der Waals surface area contributed by atoms with Crippen LogP contribution in [0.25, 0.3) is 0 Å². The van der Waals surface area contributed by atoms with Crippen molar-refractivity contribution < 1.29 is 22.0 Å². The number of benzene rings is 1. The number of nitrogens with one attached hydrogen (secondary N) is 1. The molecule has 0 amide bonds. The molecule has 0 aromatic heterocycles. The van der Waals surface area contributed by atoms with Gasteiger partial charge in [0.2, 0.25) is 0 Å². The molecule has 0 atom stereocenters. The molecule has 88 valence electrons. The highest BCUT2D eigenvalue weighted by Gasteiger charge is 2.35. The average Bonchev–Trinajstić information content (AvgIpc) is 2.07. The van der Waals surface area contributed by atoms with Gasteiger partial charge in [0.25, 0.3) is 0 Å². The maximum absolute atomic E-state index is 13.2. The maximum Gasteiger partial charge on any atom is 0.419 e. The van der Waals surface area contributed by atoms with Crippen molar-refractivity contribution in [3.05, 3.63) is 29.3 Å². The van der Waals surface area contributed by atoms with Crippen LogP contribution in [0.2, 0.25) is 0 Å². The molecule has 0 saturated carbocycles. The molecule has 0 aliphatic heterocycles. The smallest absolute Gasteiger partial charge is 0.376 e. The minimum absolute atomic E-state index is 0.0556. The fourth-order valence-electron chi connectivity index (χ4n) is 1.02. The molecule has 1 aromatic carbocycles. The lowest BCUT2D eigenvalue weighted by Crippen LogP contribution is -2.21. The molecule has 0 aliphatic carbocycles. The number of halogens is 5. The van der Waals surface area contributed by atoms with E-state index in [4.69, 9.17) is 5.73 Å². The summed E-state index contributed by atoms with van der Waals surface area (Å²) >= 11 is 4.31. The third kappa shape index (κ3) is 2.78. The molecule has 0 radical (unpaired) electrons. The standard InChI is InChI=1S/C8H5F5N2S/c9-3-1-4(8(11,12)13)6(10)5(2-3)15-7(14)16/h1-2H,(H3,14,15,16). The topological polar surface area (TPSA) is 38.0 Å². The molecule has 0 unspecified atom stereocenters. The molecular formula is C8H5F5N2S. The zero-order valence-electron chi connectivity index (χ0n) is 7.53. The van der Waals surface area contributed by atoms with Crippen molar-refractivity contribution in [1.82, 2.24) is 0 Å². The predicted octanol–water partition coefficient (Wildman–Crippen LogP) is 2.64. The maximum atomic E-state index is 13.2. The lowest BCUT2D eigenvalue weighted by Gasteiger charge is -2.12. The summed E-state index contributed by atoms with van der Waals surface area (Å²) in [6, 6.07) is 0.587. The van der Waals surface area contributed by atoms with Crippen molar-refractivity contribution in [1.29, 1.82) is 0 Å². The van der Waals surface area contributed by atoms with E-state index in [9.17, 15) is 22.0 Å².